The van der Waals surface area contributed by atoms with Gasteiger partial charge in [0.1, 0.15) is 0 Å². The molecule has 0 radical (unpaired) electrons. The molecule has 4 rings (SSSR count). The number of nitrogens with one attached hydrogen (secondary N) is 1. The van der Waals surface area contributed by atoms with Gasteiger partial charge in [-0.25, -0.2) is 13.1 Å². The summed E-state index contributed by atoms with van der Waals surface area (Å²) in [6.07, 6.45) is 4.63. The van der Waals surface area contributed by atoms with E-state index in [2.05, 4.69) is 27.8 Å². The Labute approximate surface area is 230 Å². The Balaban J connectivity index is 0.00000400. The van der Waals surface area contributed by atoms with E-state index in [1.165, 1.54) is 28.7 Å². The highest BCUT2D eigenvalue weighted by atomic mass is 35.5. The Morgan fingerprint density at radius 3 is 2.26 bits per heavy atom. The van der Waals surface area contributed by atoms with Crippen molar-refractivity contribution >= 4 is 40.1 Å². The molecule has 1 N–H and O–H groups in total. The minimum absolute atomic E-state index is 0. The fourth-order valence-corrected chi connectivity index (χ4v) is 5.57. The first kappa shape index (κ1) is 29.1. The number of hydrogen-bond acceptors (Lipinski definition) is 5. The lowest BCUT2D eigenvalue weighted by molar-refractivity contribution is -0.113. The summed E-state index contributed by atoms with van der Waals surface area (Å²) in [4.78, 5) is 16.6. The number of carbonyl (C=O) groups is 1. The van der Waals surface area contributed by atoms with E-state index >= 15 is 0 Å². The standard InChI is InChI=1S/C29H30N4O3S.ClH/c1-32(29(34)16-11-23-7-9-24(21-30)10-8-23)27-12-14-28(15-13-27)37(35,36)31-26-17-19-33(20-18-26)22-25-5-3-2-4-6-25;/h2-16,26,31H,17-20,22H2,1H3;1H/b16-11+;. The van der Waals surface area contributed by atoms with Gasteiger partial charge in [0.05, 0.1) is 16.5 Å². The first-order chi connectivity index (χ1) is 17.8. The summed E-state index contributed by atoms with van der Waals surface area (Å²) in [6, 6.07) is 25.5. The van der Waals surface area contributed by atoms with Gasteiger partial charge in [0, 0.05) is 44.5 Å². The van der Waals surface area contributed by atoms with Gasteiger partial charge in [-0.2, -0.15) is 5.26 Å². The molecule has 38 heavy (non-hydrogen) atoms. The number of likely N-dealkylation sites (tertiary alicyclic amines) is 1. The van der Waals surface area contributed by atoms with Crippen LogP contribution in [0.5, 0.6) is 0 Å². The maximum absolute atomic E-state index is 13.0. The second-order valence-electron chi connectivity index (χ2n) is 9.12. The van der Waals surface area contributed by atoms with E-state index in [0.717, 1.165) is 38.0 Å². The largest absolute Gasteiger partial charge is 0.312 e. The number of benzene rings is 3. The molecule has 1 aliphatic heterocycles. The molecule has 7 nitrogen and oxygen atoms in total. The van der Waals surface area contributed by atoms with Gasteiger partial charge in [-0.3, -0.25) is 9.69 Å². The molecule has 3 aromatic carbocycles. The lowest BCUT2D eigenvalue weighted by Gasteiger charge is -2.32. The molecular weight excluding hydrogens is 520 g/mol. The monoisotopic (exact) mass is 550 g/mol. The smallest absolute Gasteiger partial charge is 0.250 e. The molecular formula is C29H31ClN4O3S. The molecule has 3 aromatic rings. The van der Waals surface area contributed by atoms with Crippen LogP contribution in [0.2, 0.25) is 0 Å². The van der Waals surface area contributed by atoms with Crippen molar-refractivity contribution < 1.29 is 13.2 Å². The maximum Gasteiger partial charge on any atom is 0.250 e. The number of rotatable bonds is 8. The second-order valence-corrected chi connectivity index (χ2v) is 10.8. The van der Waals surface area contributed by atoms with Crippen molar-refractivity contribution in [2.45, 2.75) is 30.3 Å². The van der Waals surface area contributed by atoms with Crippen molar-refractivity contribution in [3.63, 3.8) is 0 Å². The summed E-state index contributed by atoms with van der Waals surface area (Å²) in [6.45, 7) is 2.55. The summed E-state index contributed by atoms with van der Waals surface area (Å²) in [7, 11) is -2.02. The number of hydrogen-bond donors (Lipinski definition) is 1. The van der Waals surface area contributed by atoms with E-state index in [9.17, 15) is 13.2 Å². The van der Waals surface area contributed by atoms with Crippen LogP contribution in [0, 0.1) is 11.3 Å². The molecule has 0 spiro atoms. The molecule has 1 saturated heterocycles. The van der Waals surface area contributed by atoms with E-state index in [-0.39, 0.29) is 29.3 Å². The molecule has 0 aliphatic carbocycles. The van der Waals surface area contributed by atoms with Crippen molar-refractivity contribution in [1.29, 1.82) is 5.26 Å². The third-order valence-corrected chi connectivity index (χ3v) is 8.02. The van der Waals surface area contributed by atoms with Crippen LogP contribution < -0.4 is 9.62 Å². The molecule has 0 saturated carbocycles. The van der Waals surface area contributed by atoms with Gasteiger partial charge in [0.2, 0.25) is 10.0 Å². The molecule has 1 fully saturated rings. The molecule has 0 aromatic heterocycles. The Hall–Kier alpha value is -3.48. The first-order valence-electron chi connectivity index (χ1n) is 12.2. The van der Waals surface area contributed by atoms with Gasteiger partial charge in [-0.05, 0) is 66.4 Å². The summed E-state index contributed by atoms with van der Waals surface area (Å²) < 4.78 is 28.8. The Morgan fingerprint density at radius 1 is 1.03 bits per heavy atom. The quantitative estimate of drug-likeness (QED) is 0.414. The highest BCUT2D eigenvalue weighted by Crippen LogP contribution is 2.20. The highest BCUT2D eigenvalue weighted by molar-refractivity contribution is 7.89. The van der Waals surface area contributed by atoms with Crippen molar-refractivity contribution in [3.8, 4) is 6.07 Å². The maximum atomic E-state index is 13.0. The van der Waals surface area contributed by atoms with Crippen LogP contribution >= 0.6 is 12.4 Å². The minimum atomic E-state index is -3.66. The lowest BCUT2D eigenvalue weighted by Crippen LogP contribution is -2.44. The predicted octanol–water partition coefficient (Wildman–Crippen LogP) is 4.60. The normalized spacial score (nSPS) is 14.5. The fourth-order valence-electron chi connectivity index (χ4n) is 4.26. The van der Waals surface area contributed by atoms with E-state index in [0.29, 0.717) is 11.3 Å². The van der Waals surface area contributed by atoms with Crippen molar-refractivity contribution in [1.82, 2.24) is 9.62 Å². The van der Waals surface area contributed by atoms with Gasteiger partial charge >= 0.3 is 0 Å². The summed E-state index contributed by atoms with van der Waals surface area (Å²) >= 11 is 0. The molecule has 0 atom stereocenters. The van der Waals surface area contributed by atoms with Gasteiger partial charge in [-0.1, -0.05) is 42.5 Å². The zero-order valence-electron chi connectivity index (χ0n) is 21.2. The van der Waals surface area contributed by atoms with E-state index in [1.807, 2.05) is 18.2 Å². The van der Waals surface area contributed by atoms with Crippen LogP contribution in [-0.4, -0.2) is 45.4 Å². The summed E-state index contributed by atoms with van der Waals surface area (Å²) in [5.41, 5.74) is 3.20. The van der Waals surface area contributed by atoms with Crippen LogP contribution in [0.3, 0.4) is 0 Å². The molecule has 198 valence electrons. The zero-order valence-corrected chi connectivity index (χ0v) is 22.8. The van der Waals surface area contributed by atoms with E-state index in [4.69, 9.17) is 5.26 Å². The Bertz CT molecular complexity index is 1380. The molecule has 9 heteroatoms. The second kappa shape index (κ2) is 13.4. The Kier molecular flexibility index (Phi) is 10.2. The van der Waals surface area contributed by atoms with E-state index in [1.54, 1.807) is 49.5 Å². The van der Waals surface area contributed by atoms with Gasteiger partial charge in [-0.15, -0.1) is 12.4 Å². The average Bonchev–Trinajstić information content (AvgIpc) is 2.93. The van der Waals surface area contributed by atoms with Crippen LogP contribution in [0.4, 0.5) is 5.69 Å². The predicted molar refractivity (Wildman–Crippen MR) is 152 cm³/mol. The SMILES string of the molecule is CN(C(=O)/C=C/c1ccc(C#N)cc1)c1ccc(S(=O)(=O)NC2CCN(Cc3ccccc3)CC2)cc1.Cl. The molecule has 0 bridgehead atoms. The van der Waals surface area contributed by atoms with Crippen LogP contribution in [-0.2, 0) is 21.4 Å². The molecule has 1 aliphatic rings. The number of anilines is 1. The van der Waals surface area contributed by atoms with Crippen LogP contribution in [0.15, 0.2) is 89.8 Å². The molecule has 1 amide bonds. The number of carbonyl (C=O) groups excluding carboxylic acids is 1. The van der Waals surface area contributed by atoms with E-state index < -0.39 is 10.0 Å². The molecule has 0 unspecified atom stereocenters. The lowest BCUT2D eigenvalue weighted by atomic mass is 10.1. The highest BCUT2D eigenvalue weighted by Gasteiger charge is 2.25. The minimum Gasteiger partial charge on any atom is -0.312 e. The number of likely N-dealkylation sites (N-methyl/N-ethyl adjacent to an activating group) is 1. The summed E-state index contributed by atoms with van der Waals surface area (Å²) in [5, 5.41) is 8.88. The number of amides is 1. The number of piperidine rings is 1. The van der Waals surface area contributed by atoms with Gasteiger partial charge in [0.15, 0.2) is 0 Å². The summed E-state index contributed by atoms with van der Waals surface area (Å²) in [5.74, 6) is -0.250. The van der Waals surface area contributed by atoms with Gasteiger partial charge in [0.25, 0.3) is 5.91 Å². The number of nitriles is 1. The van der Waals surface area contributed by atoms with Crippen LogP contribution in [0.1, 0.15) is 29.5 Å². The van der Waals surface area contributed by atoms with Crippen molar-refractivity contribution in [2.24, 2.45) is 0 Å². The Morgan fingerprint density at radius 2 is 1.66 bits per heavy atom. The third-order valence-electron chi connectivity index (χ3n) is 6.48. The first-order valence-corrected chi connectivity index (χ1v) is 13.7. The molecule has 1 heterocycles. The number of halogens is 1. The number of sulfonamides is 1. The van der Waals surface area contributed by atoms with Crippen molar-refractivity contribution in [3.05, 3.63) is 102 Å². The van der Waals surface area contributed by atoms with Crippen LogP contribution in [0.25, 0.3) is 6.08 Å². The third kappa shape index (κ3) is 7.76. The fraction of sp³-hybridized carbons (Fsp3) is 0.241. The zero-order chi connectivity index (χ0) is 26.3. The average molecular weight is 551 g/mol. The topological polar surface area (TPSA) is 93.5 Å². The number of nitrogens with zero attached hydrogens (tertiary/aromatic N) is 3. The van der Waals surface area contributed by atoms with Crippen molar-refractivity contribution in [2.75, 3.05) is 25.0 Å². The van der Waals surface area contributed by atoms with Gasteiger partial charge < -0.3 is 4.90 Å².